The molecule has 1 saturated heterocycles. The number of hydrogen-bond acceptors (Lipinski definition) is 5. The standard InChI is InChI=1S/C15H21N3O4S/c1-11-3-2-8-17(10-11)23(21,22)13-6-7-14(16-12-4-5-12)15(9-13)18(19)20/h6-7,9,11-12,16H,2-5,8,10H2,1H3/t11-/m0/s1. The third kappa shape index (κ3) is 3.48. The number of benzene rings is 1. The SMILES string of the molecule is C[C@H]1CCCN(S(=O)(=O)c2ccc(NC3CC3)c([N+](=O)[O-])c2)C1. The van der Waals surface area contributed by atoms with Crippen LogP contribution in [0.1, 0.15) is 32.6 Å². The molecule has 7 nitrogen and oxygen atoms in total. The predicted octanol–water partition coefficient (Wildman–Crippen LogP) is 2.59. The minimum absolute atomic E-state index is 0.000327. The summed E-state index contributed by atoms with van der Waals surface area (Å²) in [6, 6.07) is 4.42. The van der Waals surface area contributed by atoms with Crippen molar-refractivity contribution in [2.75, 3.05) is 18.4 Å². The molecule has 2 aliphatic rings. The van der Waals surface area contributed by atoms with Gasteiger partial charge < -0.3 is 5.32 Å². The van der Waals surface area contributed by atoms with Crippen molar-refractivity contribution in [2.45, 2.75) is 43.5 Å². The number of nitro groups is 1. The van der Waals surface area contributed by atoms with Crippen LogP contribution >= 0.6 is 0 Å². The van der Waals surface area contributed by atoms with Crippen LogP contribution in [0.25, 0.3) is 0 Å². The molecule has 0 spiro atoms. The van der Waals surface area contributed by atoms with Gasteiger partial charge in [0.2, 0.25) is 10.0 Å². The molecule has 23 heavy (non-hydrogen) atoms. The molecule has 1 aromatic carbocycles. The van der Waals surface area contributed by atoms with Gasteiger partial charge in [0.25, 0.3) is 5.69 Å². The molecule has 0 aromatic heterocycles. The van der Waals surface area contributed by atoms with Gasteiger partial charge in [0.15, 0.2) is 0 Å². The van der Waals surface area contributed by atoms with Gasteiger partial charge in [0.05, 0.1) is 9.82 Å². The largest absolute Gasteiger partial charge is 0.377 e. The van der Waals surface area contributed by atoms with E-state index < -0.39 is 14.9 Å². The van der Waals surface area contributed by atoms with Gasteiger partial charge >= 0.3 is 0 Å². The van der Waals surface area contributed by atoms with Gasteiger partial charge in [0, 0.05) is 25.2 Å². The lowest BCUT2D eigenvalue weighted by atomic mass is 10.0. The van der Waals surface area contributed by atoms with Gasteiger partial charge in [-0.15, -0.1) is 0 Å². The summed E-state index contributed by atoms with van der Waals surface area (Å²) in [5, 5.41) is 14.4. The number of hydrogen-bond donors (Lipinski definition) is 1. The molecule has 1 N–H and O–H groups in total. The second-order valence-corrected chi connectivity index (χ2v) is 8.40. The molecule has 1 aromatic rings. The monoisotopic (exact) mass is 339 g/mol. The number of nitrogens with zero attached hydrogens (tertiary/aromatic N) is 2. The third-order valence-corrected chi connectivity index (χ3v) is 6.22. The number of anilines is 1. The predicted molar refractivity (Wildman–Crippen MR) is 86.9 cm³/mol. The molecule has 1 heterocycles. The Hall–Kier alpha value is -1.67. The Bertz CT molecular complexity index is 715. The van der Waals surface area contributed by atoms with Gasteiger partial charge in [-0.1, -0.05) is 6.92 Å². The highest BCUT2D eigenvalue weighted by Crippen LogP contribution is 2.33. The highest BCUT2D eigenvalue weighted by atomic mass is 32.2. The zero-order chi connectivity index (χ0) is 16.6. The zero-order valence-electron chi connectivity index (χ0n) is 13.1. The van der Waals surface area contributed by atoms with E-state index in [1.165, 1.54) is 22.5 Å². The Balaban J connectivity index is 1.92. The Morgan fingerprint density at radius 3 is 2.65 bits per heavy atom. The summed E-state index contributed by atoms with van der Waals surface area (Å²) in [7, 11) is -3.68. The highest BCUT2D eigenvalue weighted by molar-refractivity contribution is 7.89. The molecule has 3 rings (SSSR count). The Labute approximate surface area is 135 Å². The quantitative estimate of drug-likeness (QED) is 0.657. The molecular weight excluding hydrogens is 318 g/mol. The average molecular weight is 339 g/mol. The molecule has 1 atom stereocenters. The summed E-state index contributed by atoms with van der Waals surface area (Å²) in [6.07, 6.45) is 3.81. The van der Waals surface area contributed by atoms with E-state index in [0.717, 1.165) is 25.7 Å². The second-order valence-electron chi connectivity index (χ2n) is 6.47. The van der Waals surface area contributed by atoms with Crippen LogP contribution in [-0.2, 0) is 10.0 Å². The van der Waals surface area contributed by atoms with Gasteiger partial charge in [-0.05, 0) is 43.7 Å². The minimum atomic E-state index is -3.68. The van der Waals surface area contributed by atoms with Gasteiger partial charge in [-0.25, -0.2) is 8.42 Å². The number of rotatable bonds is 5. The summed E-state index contributed by atoms with van der Waals surface area (Å²) in [4.78, 5) is 10.8. The van der Waals surface area contributed by atoms with E-state index in [2.05, 4.69) is 5.32 Å². The lowest BCUT2D eigenvalue weighted by Gasteiger charge is -2.30. The number of nitrogens with one attached hydrogen (secondary N) is 1. The van der Waals surface area contributed by atoms with Crippen molar-refractivity contribution in [3.63, 3.8) is 0 Å². The third-order valence-electron chi connectivity index (χ3n) is 4.36. The maximum absolute atomic E-state index is 12.7. The van der Waals surface area contributed by atoms with Crippen molar-refractivity contribution in [1.29, 1.82) is 0 Å². The van der Waals surface area contributed by atoms with Crippen LogP contribution in [-0.4, -0.2) is 36.8 Å². The Morgan fingerprint density at radius 1 is 1.30 bits per heavy atom. The van der Waals surface area contributed by atoms with Gasteiger partial charge in [-0.3, -0.25) is 10.1 Å². The van der Waals surface area contributed by atoms with Crippen LogP contribution in [0, 0.1) is 16.0 Å². The topological polar surface area (TPSA) is 92.6 Å². The first-order valence-corrected chi connectivity index (χ1v) is 9.37. The maximum Gasteiger partial charge on any atom is 0.293 e. The smallest absolute Gasteiger partial charge is 0.293 e. The highest BCUT2D eigenvalue weighted by Gasteiger charge is 2.31. The number of sulfonamides is 1. The molecule has 126 valence electrons. The van der Waals surface area contributed by atoms with E-state index in [-0.39, 0.29) is 16.6 Å². The van der Waals surface area contributed by atoms with Crippen LogP contribution in [0.15, 0.2) is 23.1 Å². The Kier molecular flexibility index (Phi) is 4.29. The molecule has 0 radical (unpaired) electrons. The maximum atomic E-state index is 12.7. The fourth-order valence-electron chi connectivity index (χ4n) is 2.91. The molecular formula is C15H21N3O4S. The van der Waals surface area contributed by atoms with Gasteiger partial charge in [-0.2, -0.15) is 4.31 Å². The summed E-state index contributed by atoms with van der Waals surface area (Å²) in [5.41, 5.74) is 0.214. The molecule has 0 amide bonds. The molecule has 0 unspecified atom stereocenters. The molecule has 2 fully saturated rings. The summed E-state index contributed by atoms with van der Waals surface area (Å²) in [6.45, 7) is 2.97. The lowest BCUT2D eigenvalue weighted by Crippen LogP contribution is -2.39. The van der Waals surface area contributed by atoms with Crippen LogP contribution in [0.3, 0.4) is 0 Å². The van der Waals surface area contributed by atoms with Crippen molar-refractivity contribution < 1.29 is 13.3 Å². The fourth-order valence-corrected chi connectivity index (χ4v) is 4.53. The van der Waals surface area contributed by atoms with E-state index in [1.807, 2.05) is 6.92 Å². The van der Waals surface area contributed by atoms with E-state index in [1.54, 1.807) is 0 Å². The van der Waals surface area contributed by atoms with Crippen LogP contribution in [0.4, 0.5) is 11.4 Å². The Morgan fingerprint density at radius 2 is 2.04 bits per heavy atom. The number of piperidine rings is 1. The summed E-state index contributed by atoms with van der Waals surface area (Å²) < 4.78 is 26.9. The van der Waals surface area contributed by atoms with E-state index >= 15 is 0 Å². The van der Waals surface area contributed by atoms with Crippen LogP contribution in [0.5, 0.6) is 0 Å². The normalized spacial score (nSPS) is 22.7. The minimum Gasteiger partial charge on any atom is -0.377 e. The zero-order valence-corrected chi connectivity index (χ0v) is 13.9. The van der Waals surface area contributed by atoms with E-state index in [0.29, 0.717) is 24.7 Å². The summed E-state index contributed by atoms with van der Waals surface area (Å²) >= 11 is 0. The summed E-state index contributed by atoms with van der Waals surface area (Å²) in [5.74, 6) is 0.310. The lowest BCUT2D eigenvalue weighted by molar-refractivity contribution is -0.384. The molecule has 1 saturated carbocycles. The molecule has 8 heteroatoms. The van der Waals surface area contributed by atoms with Crippen molar-refractivity contribution in [3.8, 4) is 0 Å². The molecule has 0 bridgehead atoms. The number of nitro benzene ring substituents is 1. The van der Waals surface area contributed by atoms with Gasteiger partial charge in [0.1, 0.15) is 5.69 Å². The fraction of sp³-hybridized carbons (Fsp3) is 0.600. The van der Waals surface area contributed by atoms with Crippen molar-refractivity contribution in [2.24, 2.45) is 5.92 Å². The van der Waals surface area contributed by atoms with Crippen LogP contribution in [0.2, 0.25) is 0 Å². The first kappa shape index (κ1) is 16.2. The molecule has 1 aliphatic heterocycles. The first-order valence-electron chi connectivity index (χ1n) is 7.93. The van der Waals surface area contributed by atoms with E-state index in [4.69, 9.17) is 0 Å². The van der Waals surface area contributed by atoms with E-state index in [9.17, 15) is 18.5 Å². The average Bonchev–Trinajstić information content (AvgIpc) is 3.31. The first-order chi connectivity index (χ1) is 10.9. The van der Waals surface area contributed by atoms with Crippen molar-refractivity contribution >= 4 is 21.4 Å². The molecule has 1 aliphatic carbocycles. The van der Waals surface area contributed by atoms with Crippen molar-refractivity contribution in [1.82, 2.24) is 4.31 Å². The van der Waals surface area contributed by atoms with Crippen LogP contribution < -0.4 is 5.32 Å². The second kappa shape index (κ2) is 6.09. The van der Waals surface area contributed by atoms with Crippen molar-refractivity contribution in [3.05, 3.63) is 28.3 Å².